The van der Waals surface area contributed by atoms with Crippen molar-refractivity contribution in [2.24, 2.45) is 5.92 Å². The van der Waals surface area contributed by atoms with Gasteiger partial charge in [-0.2, -0.15) is 0 Å². The number of amides is 2. The van der Waals surface area contributed by atoms with Gasteiger partial charge in [0.25, 0.3) is 0 Å². The van der Waals surface area contributed by atoms with Gasteiger partial charge in [0.2, 0.25) is 0 Å². The van der Waals surface area contributed by atoms with Gasteiger partial charge < -0.3 is 15.3 Å². The van der Waals surface area contributed by atoms with E-state index < -0.39 is 5.97 Å². The van der Waals surface area contributed by atoms with Gasteiger partial charge in [-0.3, -0.25) is 4.79 Å². The lowest BCUT2D eigenvalue weighted by Crippen LogP contribution is -2.45. The number of hydrogen-bond acceptors (Lipinski definition) is 2. The molecule has 21 heavy (non-hydrogen) atoms. The fourth-order valence-electron chi connectivity index (χ4n) is 2.76. The van der Waals surface area contributed by atoms with Gasteiger partial charge in [-0.15, -0.1) is 0 Å². The Labute approximate surface area is 125 Å². The molecule has 2 rings (SSSR count). The number of aliphatic carboxylic acids is 1. The molecule has 0 spiro atoms. The van der Waals surface area contributed by atoms with Gasteiger partial charge in [0.1, 0.15) is 0 Å². The second-order valence-corrected chi connectivity index (χ2v) is 5.69. The lowest BCUT2D eigenvalue weighted by molar-refractivity contribution is -0.143. The van der Waals surface area contributed by atoms with Crippen molar-refractivity contribution in [1.82, 2.24) is 10.2 Å². The Hall–Kier alpha value is -2.04. The SMILES string of the molecule is CN(Cc1ccccc1)C(=O)NC1CCCC(C(=O)O)C1. The molecule has 2 unspecified atom stereocenters. The number of carbonyl (C=O) groups is 2. The van der Waals surface area contributed by atoms with E-state index in [2.05, 4.69) is 5.32 Å². The van der Waals surface area contributed by atoms with Crippen molar-refractivity contribution in [3.05, 3.63) is 35.9 Å². The summed E-state index contributed by atoms with van der Waals surface area (Å²) in [5.41, 5.74) is 1.07. The summed E-state index contributed by atoms with van der Waals surface area (Å²) >= 11 is 0. The minimum atomic E-state index is -0.758. The third-order valence-corrected chi connectivity index (χ3v) is 3.96. The second-order valence-electron chi connectivity index (χ2n) is 5.69. The van der Waals surface area contributed by atoms with Gasteiger partial charge in [-0.1, -0.05) is 36.8 Å². The number of carboxylic acids is 1. The average molecular weight is 290 g/mol. The molecule has 0 aliphatic heterocycles. The summed E-state index contributed by atoms with van der Waals surface area (Å²) in [6, 6.07) is 9.60. The van der Waals surface area contributed by atoms with Crippen LogP contribution in [0.1, 0.15) is 31.2 Å². The van der Waals surface area contributed by atoms with Crippen molar-refractivity contribution in [2.75, 3.05) is 7.05 Å². The van der Waals surface area contributed by atoms with Crippen LogP contribution < -0.4 is 5.32 Å². The maximum atomic E-state index is 12.2. The predicted octanol–water partition coefficient (Wildman–Crippen LogP) is 2.47. The van der Waals surface area contributed by atoms with Gasteiger partial charge in [0.05, 0.1) is 5.92 Å². The van der Waals surface area contributed by atoms with E-state index >= 15 is 0 Å². The molecular weight excluding hydrogens is 268 g/mol. The van der Waals surface area contributed by atoms with Crippen LogP contribution in [0.25, 0.3) is 0 Å². The molecule has 1 aliphatic rings. The van der Waals surface area contributed by atoms with E-state index in [9.17, 15) is 9.59 Å². The molecule has 1 fully saturated rings. The standard InChI is InChI=1S/C16H22N2O3/c1-18(11-12-6-3-2-4-7-12)16(21)17-14-9-5-8-13(10-14)15(19)20/h2-4,6-7,13-14H,5,8-11H2,1H3,(H,17,21)(H,19,20). The maximum absolute atomic E-state index is 12.2. The van der Waals surface area contributed by atoms with E-state index in [1.54, 1.807) is 11.9 Å². The number of urea groups is 1. The minimum Gasteiger partial charge on any atom is -0.481 e. The first-order valence-corrected chi connectivity index (χ1v) is 7.34. The topological polar surface area (TPSA) is 69.6 Å². The van der Waals surface area contributed by atoms with Crippen molar-refractivity contribution in [3.8, 4) is 0 Å². The van der Waals surface area contributed by atoms with Gasteiger partial charge in [-0.25, -0.2) is 4.79 Å². The minimum absolute atomic E-state index is 0.0365. The number of benzene rings is 1. The van der Waals surface area contributed by atoms with Crippen LogP contribution in [0.5, 0.6) is 0 Å². The van der Waals surface area contributed by atoms with Crippen molar-refractivity contribution < 1.29 is 14.7 Å². The normalized spacial score (nSPS) is 21.6. The molecule has 2 N–H and O–H groups in total. The van der Waals surface area contributed by atoms with E-state index in [1.807, 2.05) is 30.3 Å². The fraction of sp³-hybridized carbons (Fsp3) is 0.500. The number of carbonyl (C=O) groups excluding carboxylic acids is 1. The molecule has 5 heteroatoms. The number of nitrogens with one attached hydrogen (secondary N) is 1. The van der Waals surface area contributed by atoms with Crippen LogP contribution in [0, 0.1) is 5.92 Å². The highest BCUT2D eigenvalue weighted by Gasteiger charge is 2.28. The number of carboxylic acid groups (broad SMARTS) is 1. The Morgan fingerprint density at radius 3 is 2.67 bits per heavy atom. The summed E-state index contributed by atoms with van der Waals surface area (Å²) in [7, 11) is 1.75. The van der Waals surface area contributed by atoms with E-state index in [1.165, 1.54) is 0 Å². The van der Waals surface area contributed by atoms with Crippen LogP contribution in [0.2, 0.25) is 0 Å². The molecule has 5 nitrogen and oxygen atoms in total. The highest BCUT2D eigenvalue weighted by molar-refractivity contribution is 5.74. The fourth-order valence-corrected chi connectivity index (χ4v) is 2.76. The quantitative estimate of drug-likeness (QED) is 0.895. The third-order valence-electron chi connectivity index (χ3n) is 3.96. The van der Waals surface area contributed by atoms with Gasteiger partial charge >= 0.3 is 12.0 Å². The highest BCUT2D eigenvalue weighted by atomic mass is 16.4. The van der Waals surface area contributed by atoms with E-state index in [0.29, 0.717) is 19.4 Å². The lowest BCUT2D eigenvalue weighted by Gasteiger charge is -2.29. The molecule has 0 saturated heterocycles. The molecule has 1 aromatic rings. The van der Waals surface area contributed by atoms with E-state index in [4.69, 9.17) is 5.11 Å². The zero-order valence-electron chi connectivity index (χ0n) is 12.3. The summed E-state index contributed by atoms with van der Waals surface area (Å²) in [6.07, 6.45) is 2.95. The van der Waals surface area contributed by atoms with E-state index in [0.717, 1.165) is 18.4 Å². The second kappa shape index (κ2) is 7.11. The first-order valence-electron chi connectivity index (χ1n) is 7.34. The Morgan fingerprint density at radius 2 is 2.00 bits per heavy atom. The number of nitrogens with zero attached hydrogens (tertiary/aromatic N) is 1. The molecule has 0 radical (unpaired) electrons. The highest BCUT2D eigenvalue weighted by Crippen LogP contribution is 2.24. The molecule has 1 aromatic carbocycles. The average Bonchev–Trinajstić information content (AvgIpc) is 2.48. The van der Waals surface area contributed by atoms with Crippen LogP contribution in [-0.4, -0.2) is 35.1 Å². The molecular formula is C16H22N2O3. The first-order chi connectivity index (χ1) is 10.1. The summed E-state index contributed by atoms with van der Waals surface area (Å²) in [6.45, 7) is 0.543. The number of rotatable bonds is 4. The zero-order chi connectivity index (χ0) is 15.2. The Kier molecular flexibility index (Phi) is 5.20. The van der Waals surface area contributed by atoms with Crippen molar-refractivity contribution >= 4 is 12.0 Å². The largest absolute Gasteiger partial charge is 0.481 e. The van der Waals surface area contributed by atoms with Crippen LogP contribution in [0.4, 0.5) is 4.79 Å². The zero-order valence-corrected chi connectivity index (χ0v) is 12.3. The first kappa shape index (κ1) is 15.4. The summed E-state index contributed by atoms with van der Waals surface area (Å²) in [5.74, 6) is -1.09. The van der Waals surface area contributed by atoms with Crippen molar-refractivity contribution in [2.45, 2.75) is 38.3 Å². The molecule has 2 atom stereocenters. The smallest absolute Gasteiger partial charge is 0.317 e. The summed E-state index contributed by atoms with van der Waals surface area (Å²) in [5, 5.41) is 12.0. The van der Waals surface area contributed by atoms with Gasteiger partial charge in [0.15, 0.2) is 0 Å². The molecule has 1 aliphatic carbocycles. The summed E-state index contributed by atoms with van der Waals surface area (Å²) in [4.78, 5) is 24.8. The molecule has 0 heterocycles. The Morgan fingerprint density at radius 1 is 1.29 bits per heavy atom. The van der Waals surface area contributed by atoms with Crippen molar-refractivity contribution in [3.63, 3.8) is 0 Å². The van der Waals surface area contributed by atoms with Gasteiger partial charge in [0, 0.05) is 19.6 Å². The number of hydrogen-bond donors (Lipinski definition) is 2. The van der Waals surface area contributed by atoms with Crippen LogP contribution in [0.15, 0.2) is 30.3 Å². The Bertz CT molecular complexity index is 490. The summed E-state index contributed by atoms with van der Waals surface area (Å²) < 4.78 is 0. The predicted molar refractivity (Wildman–Crippen MR) is 79.8 cm³/mol. The van der Waals surface area contributed by atoms with Crippen LogP contribution >= 0.6 is 0 Å². The van der Waals surface area contributed by atoms with Crippen LogP contribution in [-0.2, 0) is 11.3 Å². The molecule has 1 saturated carbocycles. The van der Waals surface area contributed by atoms with Gasteiger partial charge in [-0.05, 0) is 24.8 Å². The molecule has 2 amide bonds. The molecule has 0 aromatic heterocycles. The Balaban J connectivity index is 1.84. The molecule has 0 bridgehead atoms. The molecule has 114 valence electrons. The van der Waals surface area contributed by atoms with Crippen molar-refractivity contribution in [1.29, 1.82) is 0 Å². The lowest BCUT2D eigenvalue weighted by atomic mass is 9.86. The van der Waals surface area contributed by atoms with E-state index in [-0.39, 0.29) is 18.0 Å². The van der Waals surface area contributed by atoms with Crippen LogP contribution in [0.3, 0.4) is 0 Å². The maximum Gasteiger partial charge on any atom is 0.317 e. The third kappa shape index (κ3) is 4.48. The monoisotopic (exact) mass is 290 g/mol.